The average molecular weight is 507 g/mol. The highest BCUT2D eigenvalue weighted by Crippen LogP contribution is 2.45. The molecule has 1 saturated carbocycles. The van der Waals surface area contributed by atoms with Gasteiger partial charge < -0.3 is 4.74 Å². The summed E-state index contributed by atoms with van der Waals surface area (Å²) in [7, 11) is -3.79. The Hall–Kier alpha value is -2.52. The van der Waals surface area contributed by atoms with Gasteiger partial charge in [-0.05, 0) is 93.3 Å². The van der Waals surface area contributed by atoms with Gasteiger partial charge in [0.05, 0.1) is 18.4 Å². The Morgan fingerprint density at radius 2 is 1.80 bits per heavy atom. The van der Waals surface area contributed by atoms with E-state index in [4.69, 9.17) is 4.74 Å². The number of nitrogens with one attached hydrogen (secondary N) is 1. The Morgan fingerprint density at radius 3 is 2.40 bits per heavy atom. The fraction of sp³-hybridized carbons (Fsp3) is 0.500. The molecule has 9 heteroatoms. The normalized spacial score (nSPS) is 18.3. The molecule has 2 aromatic carbocycles. The van der Waals surface area contributed by atoms with Crippen molar-refractivity contribution < 1.29 is 26.7 Å². The summed E-state index contributed by atoms with van der Waals surface area (Å²) in [6, 6.07) is 8.15. The lowest BCUT2D eigenvalue weighted by Crippen LogP contribution is -2.37. The highest BCUT2D eigenvalue weighted by atomic mass is 32.2. The van der Waals surface area contributed by atoms with Crippen molar-refractivity contribution in [2.24, 2.45) is 5.92 Å². The molecule has 1 aliphatic carbocycles. The first-order valence-electron chi connectivity index (χ1n) is 12.0. The zero-order valence-corrected chi connectivity index (χ0v) is 21.1. The van der Waals surface area contributed by atoms with Gasteiger partial charge >= 0.3 is 0 Å². The standard InChI is InChI=1S/C26H32F2N2O4S/c1-16-4-5-20(12-23(16)27)17(2)30-10-8-18(9-11-30)15-34-25-14-24(28)22(13-21(25)19-6-7-19)26(31)29-35(3,32)33/h4-5,12-14,17-19H,6-11,15H2,1-3H3,(H,29,31)/t17-/m0/s1. The van der Waals surface area contributed by atoms with Gasteiger partial charge in [-0.15, -0.1) is 0 Å². The van der Waals surface area contributed by atoms with Crippen molar-refractivity contribution in [2.75, 3.05) is 26.0 Å². The number of aryl methyl sites for hydroxylation is 1. The molecule has 0 spiro atoms. The first-order valence-corrected chi connectivity index (χ1v) is 13.9. The van der Waals surface area contributed by atoms with Crippen LogP contribution in [0.2, 0.25) is 0 Å². The van der Waals surface area contributed by atoms with Crippen LogP contribution in [0, 0.1) is 24.5 Å². The lowest BCUT2D eigenvalue weighted by Gasteiger charge is -2.36. The number of hydrogen-bond acceptors (Lipinski definition) is 5. The van der Waals surface area contributed by atoms with Gasteiger partial charge in [-0.25, -0.2) is 21.9 Å². The number of nitrogens with zero attached hydrogens (tertiary/aromatic N) is 1. The van der Waals surface area contributed by atoms with Crippen LogP contribution in [0.3, 0.4) is 0 Å². The van der Waals surface area contributed by atoms with Gasteiger partial charge in [0.2, 0.25) is 10.0 Å². The van der Waals surface area contributed by atoms with Crippen molar-refractivity contribution in [3.63, 3.8) is 0 Å². The number of rotatable bonds is 8. The van der Waals surface area contributed by atoms with Crippen LogP contribution in [-0.2, 0) is 10.0 Å². The monoisotopic (exact) mass is 506 g/mol. The van der Waals surface area contributed by atoms with Crippen LogP contribution >= 0.6 is 0 Å². The van der Waals surface area contributed by atoms with Crippen molar-refractivity contribution in [1.29, 1.82) is 0 Å². The van der Waals surface area contributed by atoms with E-state index in [1.54, 1.807) is 13.0 Å². The number of carbonyl (C=O) groups excluding carboxylic acids is 1. The van der Waals surface area contributed by atoms with Crippen LogP contribution in [0.15, 0.2) is 30.3 Å². The third-order valence-corrected chi connectivity index (χ3v) is 7.55. The smallest absolute Gasteiger partial charge is 0.267 e. The number of amides is 1. The third-order valence-electron chi connectivity index (χ3n) is 6.99. The minimum atomic E-state index is -3.79. The fourth-order valence-corrected chi connectivity index (χ4v) is 5.05. The lowest BCUT2D eigenvalue weighted by molar-refractivity contribution is 0.0977. The van der Waals surface area contributed by atoms with Crippen LogP contribution in [-0.4, -0.2) is 45.2 Å². The van der Waals surface area contributed by atoms with Crippen molar-refractivity contribution in [3.05, 3.63) is 64.2 Å². The van der Waals surface area contributed by atoms with Crippen molar-refractivity contribution in [2.45, 2.75) is 51.5 Å². The van der Waals surface area contributed by atoms with Gasteiger partial charge in [0.25, 0.3) is 5.91 Å². The summed E-state index contributed by atoms with van der Waals surface area (Å²) in [6.45, 7) is 6.01. The van der Waals surface area contributed by atoms with Crippen LogP contribution < -0.4 is 9.46 Å². The number of piperidine rings is 1. The molecule has 0 unspecified atom stereocenters. The third kappa shape index (κ3) is 6.38. The molecule has 1 atom stereocenters. The number of benzene rings is 2. The summed E-state index contributed by atoms with van der Waals surface area (Å²) in [4.78, 5) is 14.6. The predicted molar refractivity (Wildman–Crippen MR) is 130 cm³/mol. The van der Waals surface area contributed by atoms with Crippen LogP contribution in [0.25, 0.3) is 0 Å². The van der Waals surface area contributed by atoms with Gasteiger partial charge in [0.1, 0.15) is 17.4 Å². The summed E-state index contributed by atoms with van der Waals surface area (Å²) in [5.41, 5.74) is 2.06. The van der Waals surface area contributed by atoms with E-state index >= 15 is 0 Å². The highest BCUT2D eigenvalue weighted by molar-refractivity contribution is 7.89. The van der Waals surface area contributed by atoms with Crippen molar-refractivity contribution >= 4 is 15.9 Å². The molecule has 1 amide bonds. The molecule has 35 heavy (non-hydrogen) atoms. The maximum Gasteiger partial charge on any atom is 0.267 e. The Bertz CT molecular complexity index is 1210. The highest BCUT2D eigenvalue weighted by Gasteiger charge is 2.31. The fourth-order valence-electron chi connectivity index (χ4n) is 4.60. The molecular formula is C26H32F2N2O4S. The van der Waals surface area contributed by atoms with E-state index in [2.05, 4.69) is 11.8 Å². The Kier molecular flexibility index (Phi) is 7.47. The maximum absolute atomic E-state index is 14.7. The Morgan fingerprint density at radius 1 is 1.11 bits per heavy atom. The molecule has 2 aromatic rings. The quantitative estimate of drug-likeness (QED) is 0.562. The second kappa shape index (κ2) is 10.2. The number of ether oxygens (including phenoxy) is 1. The topological polar surface area (TPSA) is 75.7 Å². The summed E-state index contributed by atoms with van der Waals surface area (Å²) < 4.78 is 59.3. The summed E-state index contributed by atoms with van der Waals surface area (Å²) in [6.07, 6.45) is 4.52. The summed E-state index contributed by atoms with van der Waals surface area (Å²) >= 11 is 0. The van der Waals surface area contributed by atoms with E-state index in [1.807, 2.05) is 16.9 Å². The maximum atomic E-state index is 14.7. The Labute approximate surface area is 205 Å². The Balaban J connectivity index is 1.37. The van der Waals surface area contributed by atoms with Gasteiger partial charge in [0, 0.05) is 12.1 Å². The van der Waals surface area contributed by atoms with Crippen LogP contribution in [0.4, 0.5) is 8.78 Å². The van der Waals surface area contributed by atoms with Crippen LogP contribution in [0.1, 0.15) is 71.6 Å². The second-order valence-corrected chi connectivity index (χ2v) is 11.6. The number of carbonyl (C=O) groups is 1. The average Bonchev–Trinajstić information content (AvgIpc) is 3.63. The molecular weight excluding hydrogens is 474 g/mol. The molecule has 190 valence electrons. The molecule has 1 N–H and O–H groups in total. The van der Waals surface area contributed by atoms with E-state index in [0.717, 1.165) is 56.2 Å². The molecule has 6 nitrogen and oxygen atoms in total. The van der Waals surface area contributed by atoms with Gasteiger partial charge in [-0.3, -0.25) is 9.69 Å². The number of likely N-dealkylation sites (tertiary alicyclic amines) is 1. The minimum Gasteiger partial charge on any atom is -0.493 e. The summed E-state index contributed by atoms with van der Waals surface area (Å²) in [5.74, 6) is -1.06. The van der Waals surface area contributed by atoms with E-state index in [-0.39, 0.29) is 23.3 Å². The van der Waals surface area contributed by atoms with E-state index in [1.165, 1.54) is 12.1 Å². The number of hydrogen-bond donors (Lipinski definition) is 1. The first-order chi connectivity index (χ1) is 16.5. The zero-order valence-electron chi connectivity index (χ0n) is 20.3. The van der Waals surface area contributed by atoms with Crippen molar-refractivity contribution in [1.82, 2.24) is 9.62 Å². The number of sulfonamides is 1. The number of halogens is 2. The van der Waals surface area contributed by atoms with Crippen molar-refractivity contribution in [3.8, 4) is 5.75 Å². The predicted octanol–water partition coefficient (Wildman–Crippen LogP) is 4.69. The van der Waals surface area contributed by atoms with E-state index in [0.29, 0.717) is 23.8 Å². The molecule has 4 rings (SSSR count). The SMILES string of the molecule is Cc1ccc([C@H](C)N2CCC(COc3cc(F)c(C(=O)NS(C)(=O)=O)cc3C3CC3)CC2)cc1F. The summed E-state index contributed by atoms with van der Waals surface area (Å²) in [5, 5.41) is 0. The minimum absolute atomic E-state index is 0.119. The van der Waals surface area contributed by atoms with Gasteiger partial charge in [-0.1, -0.05) is 12.1 Å². The van der Waals surface area contributed by atoms with Gasteiger partial charge in [0.15, 0.2) is 0 Å². The lowest BCUT2D eigenvalue weighted by atomic mass is 9.95. The molecule has 1 saturated heterocycles. The first kappa shape index (κ1) is 25.6. The molecule has 0 radical (unpaired) electrons. The zero-order chi connectivity index (χ0) is 25.3. The molecule has 0 bridgehead atoms. The molecule has 0 aromatic heterocycles. The molecule has 2 fully saturated rings. The van der Waals surface area contributed by atoms with E-state index < -0.39 is 21.7 Å². The molecule has 2 aliphatic rings. The second-order valence-electron chi connectivity index (χ2n) is 9.82. The molecule has 1 aliphatic heterocycles. The molecule has 1 heterocycles. The van der Waals surface area contributed by atoms with Gasteiger partial charge in [-0.2, -0.15) is 0 Å². The largest absolute Gasteiger partial charge is 0.493 e. The van der Waals surface area contributed by atoms with Crippen LogP contribution in [0.5, 0.6) is 5.75 Å². The van der Waals surface area contributed by atoms with E-state index in [9.17, 15) is 22.0 Å².